The summed E-state index contributed by atoms with van der Waals surface area (Å²) in [7, 11) is 0. The number of halogens is 18. The van der Waals surface area contributed by atoms with Crippen molar-refractivity contribution in [3.05, 3.63) is 320 Å². The Hall–Kier alpha value is -10.8. The van der Waals surface area contributed by atoms with Crippen LogP contribution in [0, 0.1) is 6.92 Å². The molecule has 0 fully saturated rings. The molecule has 0 saturated carbocycles. The average Bonchev–Trinajstić information content (AvgIpc) is 0.755. The molecule has 0 aliphatic heterocycles. The molecule has 0 heterocycles. The van der Waals surface area contributed by atoms with Gasteiger partial charge in [0, 0.05) is 0 Å². The summed E-state index contributed by atoms with van der Waals surface area (Å²) in [6.45, 7) is 33.5. The first-order valence-corrected chi connectivity index (χ1v) is 39.8. The van der Waals surface area contributed by atoms with Crippen LogP contribution < -0.4 is 23.7 Å². The lowest BCUT2D eigenvalue weighted by Crippen LogP contribution is -2.40. The molecule has 652 valence electrons. The zero-order chi connectivity index (χ0) is 90.7. The fraction of sp³-hybridized carbons (Fsp3) is 0.333. The number of alkyl halides is 18. The van der Waals surface area contributed by atoms with Crippen molar-refractivity contribution in [2.45, 2.75) is 214 Å². The van der Waals surface area contributed by atoms with Gasteiger partial charge in [-0.15, -0.1) is 0 Å². The van der Waals surface area contributed by atoms with E-state index in [1.807, 2.05) is 87.5 Å². The first-order valence-electron chi connectivity index (χ1n) is 39.8. The molecule has 0 spiro atoms. The lowest BCUT2D eigenvalue weighted by atomic mass is 9.75. The van der Waals surface area contributed by atoms with Crippen LogP contribution in [0.5, 0.6) is 57.5 Å². The summed E-state index contributed by atoms with van der Waals surface area (Å²) >= 11 is 0. The maximum Gasteiger partial charge on any atom is 0.419 e. The van der Waals surface area contributed by atoms with Crippen molar-refractivity contribution in [1.29, 1.82) is 0 Å². The Bertz CT molecular complexity index is 4990. The summed E-state index contributed by atoms with van der Waals surface area (Å²) in [5, 5.41) is 0. The van der Waals surface area contributed by atoms with Gasteiger partial charge in [-0.05, 0) is 261 Å². The second-order valence-electron chi connectivity index (χ2n) is 32.4. The van der Waals surface area contributed by atoms with Crippen LogP contribution in [0.3, 0.4) is 0 Å². The third kappa shape index (κ3) is 25.4. The Balaban J connectivity index is 0.000000206. The van der Waals surface area contributed by atoms with Crippen molar-refractivity contribution in [2.24, 2.45) is 0 Å². The summed E-state index contributed by atoms with van der Waals surface area (Å²) in [5.41, 5.74) is 1.37. The van der Waals surface area contributed by atoms with E-state index < -0.39 is 81.8 Å². The Morgan fingerprint density at radius 2 is 0.402 bits per heavy atom. The number of rotatable bonds is 21. The van der Waals surface area contributed by atoms with Crippen LogP contribution in [-0.4, -0.2) is 6.18 Å². The summed E-state index contributed by atoms with van der Waals surface area (Å²) in [5.74, 6) is 1.03. The third-order valence-corrected chi connectivity index (χ3v) is 20.6. The number of hydrogen-bond donors (Lipinski definition) is 0. The van der Waals surface area contributed by atoms with E-state index in [0.717, 1.165) is 47.5 Å². The quantitative estimate of drug-likeness (QED) is 0.0671. The highest BCUT2D eigenvalue weighted by molar-refractivity contribution is 5.72. The Labute approximate surface area is 702 Å². The van der Waals surface area contributed by atoms with Crippen molar-refractivity contribution >= 4 is 0 Å². The van der Waals surface area contributed by atoms with E-state index in [4.69, 9.17) is 23.7 Å². The maximum absolute atomic E-state index is 14.5. The van der Waals surface area contributed by atoms with E-state index in [2.05, 4.69) is 41.5 Å². The molecule has 0 aliphatic carbocycles. The minimum absolute atomic E-state index is 0.0644. The molecular formula is C99H100F18O5. The van der Waals surface area contributed by atoms with Gasteiger partial charge in [-0.1, -0.05) is 214 Å². The molecule has 0 saturated heterocycles. The highest BCUT2D eigenvalue weighted by atomic mass is 19.4. The molecule has 11 aromatic carbocycles. The zero-order valence-electron chi connectivity index (χ0n) is 70.9. The highest BCUT2D eigenvalue weighted by Crippen LogP contribution is 2.50. The Morgan fingerprint density at radius 3 is 0.639 bits per heavy atom. The second kappa shape index (κ2) is 39.6. The molecule has 0 bridgehead atoms. The smallest absolute Gasteiger partial charge is 0.419 e. The summed E-state index contributed by atoms with van der Waals surface area (Å²) < 4.78 is 273. The van der Waals surface area contributed by atoms with Gasteiger partial charge in [-0.25, -0.2) is 0 Å². The van der Waals surface area contributed by atoms with Gasteiger partial charge < -0.3 is 23.7 Å². The van der Waals surface area contributed by atoms with Gasteiger partial charge >= 0.3 is 37.1 Å². The van der Waals surface area contributed by atoms with Gasteiger partial charge in [0.15, 0.2) is 0 Å². The number of hydrogen-bond acceptors (Lipinski definition) is 5. The molecule has 0 aromatic heterocycles. The van der Waals surface area contributed by atoms with Gasteiger partial charge in [0.2, 0.25) is 0 Å². The van der Waals surface area contributed by atoms with Crippen LogP contribution in [-0.2, 0) is 36.3 Å². The average molecular weight is 1710 g/mol. The molecule has 122 heavy (non-hydrogen) atoms. The van der Waals surface area contributed by atoms with E-state index in [9.17, 15) is 79.0 Å². The molecule has 0 aliphatic rings. The second-order valence-corrected chi connectivity index (χ2v) is 32.4. The molecule has 0 unspecified atom stereocenters. The van der Waals surface area contributed by atoms with Crippen LogP contribution in [0.2, 0.25) is 0 Å². The Morgan fingerprint density at radius 1 is 0.205 bits per heavy atom. The number of aryl methyl sites for hydroxylation is 1. The minimum atomic E-state index is -4.75. The largest absolute Gasteiger partial charge is 0.457 e. The van der Waals surface area contributed by atoms with Gasteiger partial charge in [-0.2, -0.15) is 79.0 Å². The third-order valence-electron chi connectivity index (χ3n) is 20.6. The molecule has 0 amide bonds. The van der Waals surface area contributed by atoms with Crippen LogP contribution in [0.15, 0.2) is 231 Å². The van der Waals surface area contributed by atoms with Crippen molar-refractivity contribution in [1.82, 2.24) is 0 Å². The molecule has 0 atom stereocenters. The van der Waals surface area contributed by atoms with Gasteiger partial charge in [0.05, 0.1) is 27.8 Å². The Kier molecular flexibility index (Phi) is 31.3. The molecule has 0 N–H and O–H groups in total. The monoisotopic (exact) mass is 1710 g/mol. The van der Waals surface area contributed by atoms with Crippen molar-refractivity contribution in [3.8, 4) is 68.6 Å². The fourth-order valence-corrected chi connectivity index (χ4v) is 12.9. The predicted octanol–water partition coefficient (Wildman–Crippen LogP) is 34.6. The van der Waals surface area contributed by atoms with Crippen LogP contribution >= 0.6 is 0 Å². The first-order chi connectivity index (χ1) is 56.6. The minimum Gasteiger partial charge on any atom is -0.457 e. The van der Waals surface area contributed by atoms with Crippen molar-refractivity contribution in [3.63, 3.8) is 0 Å². The lowest BCUT2D eigenvalue weighted by molar-refractivity contribution is -0.173. The van der Waals surface area contributed by atoms with E-state index in [-0.39, 0.29) is 69.3 Å². The van der Waals surface area contributed by atoms with E-state index in [1.165, 1.54) is 96.9 Å². The molecule has 5 nitrogen and oxygen atoms in total. The van der Waals surface area contributed by atoms with Crippen LogP contribution in [0.25, 0.3) is 11.1 Å². The van der Waals surface area contributed by atoms with Gasteiger partial charge in [-0.3, -0.25) is 0 Å². The lowest BCUT2D eigenvalue weighted by Gasteiger charge is -2.33. The standard InChI is InChI=1S/C33H33F3O2.C26H24F6O2.C20H20F6O.C20H23F3/c1-22(2)24-6-14-28(15-7-24)37-30-18-10-26(11-19-30)32(5,33(34,35)36)27-12-20-31(21-13-27)38-29-16-8-25(9-17-29)23(3)4;1-15(2)17-5-11-23(21(13-17)25(27,28)29)33-19-7-9-20(10-8-19)34-24-12-6-18(16(3)4)14-22(24)26(30,31)32;1-11(2)13-5-7-17(15(9-13)19(21,22)23)27-18-8-6-14(12(3)4)10-16(18)20(24,25)26;1-12(2)15-6-8-17(14(5)10-15)18-9-7-16(13(3)4)11-19(18)20(21,22)23/h6-23H,1-5H3;5-16H,1-4H3;5-12H,1-4H3;6-13H,1-5H3. The normalized spacial score (nSPS) is 12.4. The maximum atomic E-state index is 14.5. The predicted molar refractivity (Wildman–Crippen MR) is 445 cm³/mol. The van der Waals surface area contributed by atoms with Crippen LogP contribution in [0.4, 0.5) is 79.0 Å². The highest BCUT2D eigenvalue weighted by Gasteiger charge is 2.54. The SMILES string of the molecule is CC(C)c1ccc(Oc2ccc(C(C)(c3ccc(Oc4ccc(C(C)C)cc4)cc3)C(F)(F)F)cc2)cc1.CC(C)c1ccc(Oc2ccc(C(C)C)cc2C(F)(F)F)c(C(F)(F)F)c1.CC(C)c1ccc(Oc2ccc(Oc3ccc(C(C)C)cc3C(F)(F)F)cc2)c(C(F)(F)F)c1.Cc1cc(C(C)C)ccc1-c1ccc(C(C)C)cc1C(F)(F)F. The molecule has 23 heteroatoms. The summed E-state index contributed by atoms with van der Waals surface area (Å²) in [4.78, 5) is 0. The van der Waals surface area contributed by atoms with E-state index in [0.29, 0.717) is 74.1 Å². The van der Waals surface area contributed by atoms with Crippen molar-refractivity contribution < 1.29 is 103 Å². The summed E-state index contributed by atoms with van der Waals surface area (Å²) in [6, 6.07) is 57.9. The van der Waals surface area contributed by atoms with Gasteiger partial charge in [0.25, 0.3) is 0 Å². The first kappa shape index (κ1) is 96.6. The zero-order valence-corrected chi connectivity index (χ0v) is 70.9. The number of benzene rings is 11. The summed E-state index contributed by atoms with van der Waals surface area (Å²) in [6.07, 6.45) is -27.6. The number of ether oxygens (including phenoxy) is 5. The molecule has 11 aromatic rings. The van der Waals surface area contributed by atoms with E-state index in [1.54, 1.807) is 104 Å². The van der Waals surface area contributed by atoms with Gasteiger partial charge in [0.1, 0.15) is 62.9 Å². The topological polar surface area (TPSA) is 46.2 Å². The molecule has 11 rings (SSSR count). The molecular weight excluding hydrogens is 1610 g/mol. The van der Waals surface area contributed by atoms with Crippen molar-refractivity contribution in [2.75, 3.05) is 0 Å². The molecule has 0 radical (unpaired) electrons. The van der Waals surface area contributed by atoms with Crippen LogP contribution in [0.1, 0.15) is 254 Å². The fourth-order valence-electron chi connectivity index (χ4n) is 12.9. The van der Waals surface area contributed by atoms with E-state index >= 15 is 0 Å².